The second-order valence-corrected chi connectivity index (χ2v) is 7.05. The van der Waals surface area contributed by atoms with Crippen LogP contribution in [0.15, 0.2) is 30.3 Å². The lowest BCUT2D eigenvalue weighted by molar-refractivity contribution is 0.596. The van der Waals surface area contributed by atoms with Crippen molar-refractivity contribution in [2.24, 2.45) is 0 Å². The highest BCUT2D eigenvalue weighted by Crippen LogP contribution is 2.14. The van der Waals surface area contributed by atoms with Crippen LogP contribution in [0.4, 0.5) is 0 Å². The summed E-state index contributed by atoms with van der Waals surface area (Å²) in [7, 11) is -2.89. The fraction of sp³-hybridized carbons (Fsp3) is 0.357. The van der Waals surface area contributed by atoms with Crippen LogP contribution in [0, 0.1) is 6.92 Å². The molecule has 1 heterocycles. The standard InChI is InChI=1S/C14H18N2O2S/c1-11-3-5-13-9-12(4-6-14(13)16-11)10-15-7-8-19(2,17)18/h3-6,9,15H,7-8,10H2,1-2H3. The predicted octanol–water partition coefficient (Wildman–Crippen LogP) is 1.68. The van der Waals surface area contributed by atoms with E-state index in [0.29, 0.717) is 13.1 Å². The van der Waals surface area contributed by atoms with Crippen molar-refractivity contribution < 1.29 is 8.42 Å². The first-order valence-corrected chi connectivity index (χ1v) is 8.25. The number of nitrogens with one attached hydrogen (secondary N) is 1. The van der Waals surface area contributed by atoms with Gasteiger partial charge in [-0.05, 0) is 30.7 Å². The number of sulfone groups is 1. The smallest absolute Gasteiger partial charge is 0.148 e. The predicted molar refractivity (Wildman–Crippen MR) is 77.9 cm³/mol. The summed E-state index contributed by atoms with van der Waals surface area (Å²) in [5.74, 6) is 0.168. The maximum absolute atomic E-state index is 11.0. The summed E-state index contributed by atoms with van der Waals surface area (Å²) in [5.41, 5.74) is 3.12. The number of aromatic nitrogens is 1. The van der Waals surface area contributed by atoms with Gasteiger partial charge in [0.25, 0.3) is 0 Å². The normalized spacial score (nSPS) is 11.9. The Hall–Kier alpha value is -1.46. The molecule has 0 unspecified atom stereocenters. The molecule has 4 nitrogen and oxygen atoms in total. The molecule has 0 spiro atoms. The molecule has 0 bridgehead atoms. The van der Waals surface area contributed by atoms with E-state index in [0.717, 1.165) is 22.2 Å². The molecule has 0 saturated heterocycles. The number of nitrogens with zero attached hydrogens (tertiary/aromatic N) is 1. The van der Waals surface area contributed by atoms with Gasteiger partial charge in [-0.1, -0.05) is 12.1 Å². The quantitative estimate of drug-likeness (QED) is 0.845. The van der Waals surface area contributed by atoms with Gasteiger partial charge in [0.15, 0.2) is 0 Å². The highest BCUT2D eigenvalue weighted by atomic mass is 32.2. The number of aryl methyl sites for hydroxylation is 1. The van der Waals surface area contributed by atoms with Crippen LogP contribution >= 0.6 is 0 Å². The lowest BCUT2D eigenvalue weighted by atomic mass is 10.1. The maximum Gasteiger partial charge on any atom is 0.148 e. The van der Waals surface area contributed by atoms with Gasteiger partial charge in [-0.3, -0.25) is 4.98 Å². The molecule has 0 atom stereocenters. The summed E-state index contributed by atoms with van der Waals surface area (Å²) in [6.07, 6.45) is 1.25. The average Bonchev–Trinajstić information content (AvgIpc) is 2.33. The summed E-state index contributed by atoms with van der Waals surface area (Å²) in [4.78, 5) is 4.45. The minimum atomic E-state index is -2.89. The first-order chi connectivity index (χ1) is 8.94. The van der Waals surface area contributed by atoms with Gasteiger partial charge in [0, 0.05) is 30.4 Å². The monoisotopic (exact) mass is 278 g/mol. The van der Waals surface area contributed by atoms with Crippen LogP contribution in [-0.2, 0) is 16.4 Å². The molecule has 1 N–H and O–H groups in total. The van der Waals surface area contributed by atoms with Gasteiger partial charge in [-0.2, -0.15) is 0 Å². The van der Waals surface area contributed by atoms with E-state index in [9.17, 15) is 8.42 Å². The van der Waals surface area contributed by atoms with Crippen LogP contribution in [0.25, 0.3) is 10.9 Å². The van der Waals surface area contributed by atoms with Crippen molar-refractivity contribution in [3.8, 4) is 0 Å². The van der Waals surface area contributed by atoms with Gasteiger partial charge >= 0.3 is 0 Å². The maximum atomic E-state index is 11.0. The molecule has 5 heteroatoms. The second kappa shape index (κ2) is 5.67. The second-order valence-electron chi connectivity index (χ2n) is 4.79. The number of fused-ring (bicyclic) bond motifs is 1. The molecule has 0 fully saturated rings. The molecule has 19 heavy (non-hydrogen) atoms. The van der Waals surface area contributed by atoms with Crippen molar-refractivity contribution in [1.29, 1.82) is 0 Å². The number of hydrogen-bond acceptors (Lipinski definition) is 4. The zero-order valence-corrected chi connectivity index (χ0v) is 12.0. The average molecular weight is 278 g/mol. The van der Waals surface area contributed by atoms with Crippen molar-refractivity contribution in [2.75, 3.05) is 18.6 Å². The summed E-state index contributed by atoms with van der Waals surface area (Å²) in [5, 5.41) is 4.24. The third-order valence-corrected chi connectivity index (χ3v) is 3.82. The third kappa shape index (κ3) is 4.29. The van der Waals surface area contributed by atoms with Crippen LogP contribution in [0.5, 0.6) is 0 Å². The van der Waals surface area contributed by atoms with Gasteiger partial charge in [0.1, 0.15) is 9.84 Å². The van der Waals surface area contributed by atoms with Gasteiger partial charge in [0.05, 0.1) is 11.3 Å². The largest absolute Gasteiger partial charge is 0.312 e. The van der Waals surface area contributed by atoms with E-state index in [4.69, 9.17) is 0 Å². The molecule has 2 aromatic rings. The molecule has 0 aliphatic heterocycles. The van der Waals surface area contributed by atoms with Crippen LogP contribution in [-0.4, -0.2) is 32.0 Å². The molecule has 1 aromatic heterocycles. The fourth-order valence-electron chi connectivity index (χ4n) is 1.88. The SMILES string of the molecule is Cc1ccc2cc(CNCCS(C)(=O)=O)ccc2n1. The highest BCUT2D eigenvalue weighted by Gasteiger charge is 2.02. The summed E-state index contributed by atoms with van der Waals surface area (Å²) in [6.45, 7) is 3.11. The van der Waals surface area contributed by atoms with Crippen LogP contribution in [0.1, 0.15) is 11.3 Å². The topological polar surface area (TPSA) is 59.1 Å². The zero-order chi connectivity index (χ0) is 13.9. The Kier molecular flexibility index (Phi) is 4.17. The minimum absolute atomic E-state index is 0.168. The Labute approximate surface area is 113 Å². The highest BCUT2D eigenvalue weighted by molar-refractivity contribution is 7.90. The van der Waals surface area contributed by atoms with Crippen molar-refractivity contribution >= 4 is 20.7 Å². The molecular formula is C14H18N2O2S. The molecule has 102 valence electrons. The molecule has 0 saturated carbocycles. The van der Waals surface area contributed by atoms with Crippen molar-refractivity contribution in [3.05, 3.63) is 41.6 Å². The van der Waals surface area contributed by atoms with E-state index in [-0.39, 0.29) is 5.75 Å². The number of hydrogen-bond donors (Lipinski definition) is 1. The third-order valence-electron chi connectivity index (χ3n) is 2.87. The molecule has 0 radical (unpaired) electrons. The first-order valence-electron chi connectivity index (χ1n) is 6.19. The fourth-order valence-corrected chi connectivity index (χ4v) is 2.39. The van der Waals surface area contributed by atoms with E-state index >= 15 is 0 Å². The summed E-state index contributed by atoms with van der Waals surface area (Å²) in [6, 6.07) is 10.1. The van der Waals surface area contributed by atoms with E-state index in [1.807, 2.05) is 25.1 Å². The number of pyridine rings is 1. The van der Waals surface area contributed by atoms with Crippen LogP contribution < -0.4 is 5.32 Å². The lowest BCUT2D eigenvalue weighted by Gasteiger charge is -2.06. The summed E-state index contributed by atoms with van der Waals surface area (Å²) < 4.78 is 22.0. The van der Waals surface area contributed by atoms with E-state index < -0.39 is 9.84 Å². The Morgan fingerprint density at radius 3 is 2.74 bits per heavy atom. The van der Waals surface area contributed by atoms with Crippen LogP contribution in [0.3, 0.4) is 0 Å². The lowest BCUT2D eigenvalue weighted by Crippen LogP contribution is -2.21. The molecular weight excluding hydrogens is 260 g/mol. The Balaban J connectivity index is 2.00. The van der Waals surface area contributed by atoms with Crippen molar-refractivity contribution in [1.82, 2.24) is 10.3 Å². The van der Waals surface area contributed by atoms with Crippen LogP contribution in [0.2, 0.25) is 0 Å². The van der Waals surface area contributed by atoms with Gasteiger partial charge in [0.2, 0.25) is 0 Å². The van der Waals surface area contributed by atoms with Crippen molar-refractivity contribution in [3.63, 3.8) is 0 Å². The van der Waals surface area contributed by atoms with Gasteiger partial charge < -0.3 is 5.32 Å². The zero-order valence-electron chi connectivity index (χ0n) is 11.2. The van der Waals surface area contributed by atoms with Gasteiger partial charge in [-0.25, -0.2) is 8.42 Å². The number of benzene rings is 1. The van der Waals surface area contributed by atoms with E-state index in [1.54, 1.807) is 0 Å². The number of rotatable bonds is 5. The van der Waals surface area contributed by atoms with Crippen molar-refractivity contribution in [2.45, 2.75) is 13.5 Å². The van der Waals surface area contributed by atoms with Gasteiger partial charge in [-0.15, -0.1) is 0 Å². The molecule has 0 aliphatic rings. The summed E-state index contributed by atoms with van der Waals surface area (Å²) >= 11 is 0. The van der Waals surface area contributed by atoms with E-state index in [1.165, 1.54) is 6.26 Å². The molecule has 0 aliphatic carbocycles. The molecule has 0 amide bonds. The Bertz CT molecular complexity index is 681. The Morgan fingerprint density at radius 1 is 1.21 bits per heavy atom. The first kappa shape index (κ1) is 14.0. The van der Waals surface area contributed by atoms with E-state index in [2.05, 4.69) is 22.4 Å². The Morgan fingerprint density at radius 2 is 2.00 bits per heavy atom. The molecule has 2 rings (SSSR count). The minimum Gasteiger partial charge on any atom is -0.312 e. The molecule has 1 aromatic carbocycles.